The van der Waals surface area contributed by atoms with Crippen molar-refractivity contribution in [1.29, 1.82) is 0 Å². The number of phenolic OH excluding ortho intramolecular Hbond substituents is 6. The first-order valence-electron chi connectivity index (χ1n) is 12.1. The first kappa shape index (κ1) is 29.4. The molecule has 210 valence electrons. The van der Waals surface area contributed by atoms with E-state index in [0.717, 1.165) is 6.08 Å². The van der Waals surface area contributed by atoms with E-state index in [-0.39, 0.29) is 29.4 Å². The van der Waals surface area contributed by atoms with Gasteiger partial charge in [-0.3, -0.25) is 0 Å². The predicted octanol–water partition coefficient (Wildman–Crippen LogP) is 3.49. The summed E-state index contributed by atoms with van der Waals surface area (Å²) in [7, 11) is 0. The molecule has 0 aliphatic rings. The third kappa shape index (κ3) is 7.45. The van der Waals surface area contributed by atoms with E-state index >= 15 is 0 Å². The molecule has 3 aromatic rings. The summed E-state index contributed by atoms with van der Waals surface area (Å²) >= 11 is 0. The molecule has 0 fully saturated rings. The van der Waals surface area contributed by atoms with Crippen LogP contribution in [0.3, 0.4) is 0 Å². The van der Waals surface area contributed by atoms with Gasteiger partial charge in [0.1, 0.15) is 0 Å². The summed E-state index contributed by atoms with van der Waals surface area (Å²) < 4.78 is 5.27. The highest BCUT2D eigenvalue weighted by Crippen LogP contribution is 2.33. The Hall–Kier alpha value is -5.16. The van der Waals surface area contributed by atoms with E-state index in [9.17, 15) is 45.3 Å². The number of phenols is 6. The van der Waals surface area contributed by atoms with Crippen molar-refractivity contribution in [1.82, 2.24) is 5.32 Å². The summed E-state index contributed by atoms with van der Waals surface area (Å²) in [6, 6.07) is 10.4. The zero-order chi connectivity index (χ0) is 29.4. The first-order valence-corrected chi connectivity index (χ1v) is 12.1. The maximum atomic E-state index is 12.7. The maximum absolute atomic E-state index is 12.7. The Morgan fingerprint density at radius 1 is 0.775 bits per heavy atom. The third-order valence-electron chi connectivity index (χ3n) is 5.93. The first-order chi connectivity index (χ1) is 19.0. The van der Waals surface area contributed by atoms with Crippen LogP contribution in [0, 0.1) is 0 Å². The molecule has 0 bridgehead atoms. The van der Waals surface area contributed by atoms with Crippen LogP contribution in [0.2, 0.25) is 0 Å². The quantitative estimate of drug-likeness (QED) is 0.0751. The van der Waals surface area contributed by atoms with E-state index in [0.29, 0.717) is 23.2 Å². The number of hydrogen-bond acceptors (Lipinski definition) is 10. The minimum absolute atomic E-state index is 0.0856. The van der Waals surface area contributed by atoms with Crippen LogP contribution in [0.5, 0.6) is 34.5 Å². The number of carbonyl (C=O) groups is 2. The summed E-state index contributed by atoms with van der Waals surface area (Å²) in [6.45, 7) is 2.38. The minimum Gasteiger partial charge on any atom is -0.504 e. The Morgan fingerprint density at radius 3 is 1.93 bits per heavy atom. The number of nitrogens with one attached hydrogen (secondary N) is 1. The average Bonchev–Trinajstić information content (AvgIpc) is 2.91. The highest BCUT2D eigenvalue weighted by atomic mass is 16.6. The SMILES string of the molecule is CCNC[C@@H](c1ccc(O)c(O)c1)[C@@H](OC(=O)C=Cc1cc(O)c(O)cc1C=Cc1ccc(O)c(O)c1)C(=O)O. The van der Waals surface area contributed by atoms with Crippen LogP contribution < -0.4 is 5.32 Å². The lowest BCUT2D eigenvalue weighted by Crippen LogP contribution is -2.38. The smallest absolute Gasteiger partial charge is 0.345 e. The molecule has 11 heteroatoms. The number of carboxylic acid groups (broad SMARTS) is 1. The lowest BCUT2D eigenvalue weighted by Gasteiger charge is -2.24. The third-order valence-corrected chi connectivity index (χ3v) is 5.93. The zero-order valence-corrected chi connectivity index (χ0v) is 21.4. The summed E-state index contributed by atoms with van der Waals surface area (Å²) in [6.07, 6.45) is 3.65. The van der Waals surface area contributed by atoms with Crippen molar-refractivity contribution in [3.8, 4) is 34.5 Å². The van der Waals surface area contributed by atoms with Gasteiger partial charge in [0.15, 0.2) is 34.5 Å². The van der Waals surface area contributed by atoms with Crippen molar-refractivity contribution in [2.24, 2.45) is 0 Å². The monoisotopic (exact) mass is 551 g/mol. The normalized spacial score (nSPS) is 12.9. The van der Waals surface area contributed by atoms with Crippen molar-refractivity contribution in [2.75, 3.05) is 13.1 Å². The molecule has 40 heavy (non-hydrogen) atoms. The van der Waals surface area contributed by atoms with Crippen molar-refractivity contribution in [3.63, 3.8) is 0 Å². The van der Waals surface area contributed by atoms with E-state index in [1.807, 2.05) is 0 Å². The van der Waals surface area contributed by atoms with E-state index in [1.54, 1.807) is 13.0 Å². The Bertz CT molecular complexity index is 1450. The fourth-order valence-corrected chi connectivity index (χ4v) is 3.83. The summed E-state index contributed by atoms with van der Waals surface area (Å²) in [5, 5.41) is 71.4. The van der Waals surface area contributed by atoms with Gasteiger partial charge in [-0.25, -0.2) is 9.59 Å². The maximum Gasteiger partial charge on any atom is 0.345 e. The lowest BCUT2D eigenvalue weighted by molar-refractivity contribution is -0.162. The second-order valence-corrected chi connectivity index (χ2v) is 8.74. The molecule has 0 radical (unpaired) electrons. The molecule has 0 aliphatic carbocycles. The molecule has 2 atom stereocenters. The Labute approximate surface area is 229 Å². The van der Waals surface area contributed by atoms with Crippen LogP contribution in [-0.2, 0) is 14.3 Å². The number of carboxylic acids is 1. The van der Waals surface area contributed by atoms with Gasteiger partial charge in [-0.2, -0.15) is 0 Å². The number of esters is 1. The molecular weight excluding hydrogens is 522 g/mol. The minimum atomic E-state index is -1.66. The summed E-state index contributed by atoms with van der Waals surface area (Å²) in [4.78, 5) is 24.8. The van der Waals surface area contributed by atoms with E-state index in [1.165, 1.54) is 60.7 Å². The Morgan fingerprint density at radius 2 is 1.35 bits per heavy atom. The molecule has 3 rings (SSSR count). The molecular formula is C29H29NO10. The number of aromatic hydroxyl groups is 6. The van der Waals surface area contributed by atoms with E-state index < -0.39 is 41.2 Å². The van der Waals surface area contributed by atoms with Crippen molar-refractivity contribution in [3.05, 3.63) is 76.9 Å². The number of carbonyl (C=O) groups excluding carboxylic acids is 1. The van der Waals surface area contributed by atoms with Gasteiger partial charge in [0.2, 0.25) is 6.10 Å². The molecule has 3 aromatic carbocycles. The van der Waals surface area contributed by atoms with Crippen molar-refractivity contribution in [2.45, 2.75) is 18.9 Å². The van der Waals surface area contributed by atoms with Crippen molar-refractivity contribution < 1.29 is 50.1 Å². The number of likely N-dealkylation sites (N-methyl/N-ethyl adjacent to an activating group) is 1. The second kappa shape index (κ2) is 13.1. The van der Waals surface area contributed by atoms with Gasteiger partial charge in [0.05, 0.1) is 0 Å². The van der Waals surface area contributed by atoms with Gasteiger partial charge in [-0.1, -0.05) is 31.2 Å². The van der Waals surface area contributed by atoms with Gasteiger partial charge in [0, 0.05) is 18.5 Å². The molecule has 0 spiro atoms. The molecule has 0 saturated heterocycles. The van der Waals surface area contributed by atoms with Crippen LogP contribution in [-0.4, -0.2) is 66.9 Å². The van der Waals surface area contributed by atoms with Crippen LogP contribution in [0.4, 0.5) is 0 Å². The largest absolute Gasteiger partial charge is 0.504 e. The van der Waals surface area contributed by atoms with Gasteiger partial charge >= 0.3 is 11.9 Å². The zero-order valence-electron chi connectivity index (χ0n) is 21.4. The van der Waals surface area contributed by atoms with Gasteiger partial charge in [0.25, 0.3) is 0 Å². The Balaban J connectivity index is 1.87. The molecule has 0 amide bonds. The topological polar surface area (TPSA) is 197 Å². The van der Waals surface area contributed by atoms with E-state index in [4.69, 9.17) is 4.74 Å². The predicted molar refractivity (Wildman–Crippen MR) is 146 cm³/mol. The van der Waals surface area contributed by atoms with E-state index in [2.05, 4.69) is 5.32 Å². The van der Waals surface area contributed by atoms with Gasteiger partial charge in [-0.15, -0.1) is 0 Å². The highest BCUT2D eigenvalue weighted by molar-refractivity contribution is 5.91. The van der Waals surface area contributed by atoms with Crippen molar-refractivity contribution >= 4 is 30.2 Å². The second-order valence-electron chi connectivity index (χ2n) is 8.74. The molecule has 0 saturated carbocycles. The lowest BCUT2D eigenvalue weighted by atomic mass is 9.92. The molecule has 0 heterocycles. The standard InChI is InChI=1S/C29H29NO10/c1-2-30-15-20(19-6-9-22(32)24(34)14-19)28(29(38)39)40-27(37)10-7-18-13-26(36)25(35)12-17(18)5-3-16-4-8-21(31)23(33)11-16/h3-14,20,28,30-36H,2,15H2,1H3,(H,38,39)/t20-,28+/m0/s1. The van der Waals surface area contributed by atoms with Crippen LogP contribution in [0.25, 0.3) is 18.2 Å². The fraction of sp³-hybridized carbons (Fsp3) is 0.172. The number of benzene rings is 3. The number of ether oxygens (including phenoxy) is 1. The number of hydrogen-bond donors (Lipinski definition) is 8. The van der Waals surface area contributed by atoms with Crippen LogP contribution in [0.1, 0.15) is 35.1 Å². The molecule has 0 aromatic heterocycles. The van der Waals surface area contributed by atoms with Crippen LogP contribution in [0.15, 0.2) is 54.6 Å². The molecule has 0 unspecified atom stereocenters. The highest BCUT2D eigenvalue weighted by Gasteiger charge is 2.33. The van der Waals surface area contributed by atoms with Crippen LogP contribution >= 0.6 is 0 Å². The number of aliphatic carboxylic acids is 1. The molecule has 0 aliphatic heterocycles. The van der Waals surface area contributed by atoms with Gasteiger partial charge < -0.3 is 45.8 Å². The Kier molecular flexibility index (Phi) is 9.61. The summed E-state index contributed by atoms with van der Waals surface area (Å²) in [5.41, 5.74) is 1.45. The van der Waals surface area contributed by atoms with Gasteiger partial charge in [-0.05, 0) is 71.3 Å². The molecule has 11 nitrogen and oxygen atoms in total. The summed E-state index contributed by atoms with van der Waals surface area (Å²) in [5.74, 6) is -5.72. The molecule has 8 N–H and O–H groups in total. The average molecular weight is 552 g/mol. The fourth-order valence-electron chi connectivity index (χ4n) is 3.83. The number of rotatable bonds is 11.